The lowest BCUT2D eigenvalue weighted by atomic mass is 10.0. The minimum atomic E-state index is -0.522. The van der Waals surface area contributed by atoms with E-state index in [9.17, 15) is 5.11 Å². The van der Waals surface area contributed by atoms with Gasteiger partial charge < -0.3 is 10.8 Å². The van der Waals surface area contributed by atoms with Crippen LogP contribution in [0.4, 0.5) is 5.82 Å². The summed E-state index contributed by atoms with van der Waals surface area (Å²) in [6.45, 7) is 6.44. The molecule has 100 valence electrons. The van der Waals surface area contributed by atoms with Crippen LogP contribution in [0.15, 0.2) is 12.3 Å². The van der Waals surface area contributed by atoms with Crippen molar-refractivity contribution in [1.29, 1.82) is 0 Å². The molecule has 2 heterocycles. The molecule has 0 bridgehead atoms. The van der Waals surface area contributed by atoms with Crippen molar-refractivity contribution in [1.82, 2.24) is 4.98 Å². The van der Waals surface area contributed by atoms with E-state index in [4.69, 9.17) is 5.73 Å². The first kappa shape index (κ1) is 14.0. The third kappa shape index (κ3) is 2.78. The van der Waals surface area contributed by atoms with Crippen molar-refractivity contribution in [3.05, 3.63) is 23.4 Å². The molecule has 4 atom stereocenters. The van der Waals surface area contributed by atoms with E-state index in [0.29, 0.717) is 16.3 Å². The minimum absolute atomic E-state index is 0.200. The Hall–Kier alpha value is -0.390. The van der Waals surface area contributed by atoms with Crippen LogP contribution in [0.25, 0.3) is 0 Å². The molecular formula is C13H20N2OS2. The Morgan fingerprint density at radius 2 is 2.17 bits per heavy atom. The summed E-state index contributed by atoms with van der Waals surface area (Å²) in [6.07, 6.45) is 1.17. The molecule has 1 saturated heterocycles. The predicted octanol–water partition coefficient (Wildman–Crippen LogP) is 2.63. The molecule has 0 spiro atoms. The van der Waals surface area contributed by atoms with Gasteiger partial charge in [-0.25, -0.2) is 4.98 Å². The van der Waals surface area contributed by atoms with Gasteiger partial charge in [0.25, 0.3) is 0 Å². The van der Waals surface area contributed by atoms with Crippen LogP contribution in [0.1, 0.15) is 31.1 Å². The number of thioether (sulfide) groups is 2. The molecule has 1 fully saturated rings. The Bertz CT molecular complexity index is 407. The zero-order valence-corrected chi connectivity index (χ0v) is 12.6. The maximum absolute atomic E-state index is 10.6. The van der Waals surface area contributed by atoms with E-state index in [-0.39, 0.29) is 5.25 Å². The number of nitrogens with zero attached hydrogens (tertiary/aromatic N) is 1. The van der Waals surface area contributed by atoms with Gasteiger partial charge in [-0.2, -0.15) is 23.5 Å². The van der Waals surface area contributed by atoms with Crippen molar-refractivity contribution in [3.8, 4) is 0 Å². The molecule has 0 saturated carbocycles. The van der Waals surface area contributed by atoms with Crippen LogP contribution in [0.5, 0.6) is 0 Å². The number of nitrogen functional groups attached to an aromatic ring is 1. The summed E-state index contributed by atoms with van der Waals surface area (Å²) in [5.41, 5.74) is 7.73. The maximum atomic E-state index is 10.6. The summed E-state index contributed by atoms with van der Waals surface area (Å²) in [5.74, 6) is 1.42. The van der Waals surface area contributed by atoms with E-state index in [1.54, 1.807) is 6.20 Å². The van der Waals surface area contributed by atoms with Gasteiger partial charge in [0.2, 0.25) is 0 Å². The van der Waals surface area contributed by atoms with Crippen molar-refractivity contribution in [2.24, 2.45) is 0 Å². The Morgan fingerprint density at radius 3 is 2.78 bits per heavy atom. The van der Waals surface area contributed by atoms with Crippen LogP contribution in [0.2, 0.25) is 0 Å². The van der Waals surface area contributed by atoms with Crippen LogP contribution in [-0.4, -0.2) is 31.6 Å². The summed E-state index contributed by atoms with van der Waals surface area (Å²) in [7, 11) is 0. The van der Waals surface area contributed by atoms with Crippen molar-refractivity contribution >= 4 is 29.3 Å². The summed E-state index contributed by atoms with van der Waals surface area (Å²) in [5, 5.41) is 12.0. The van der Waals surface area contributed by atoms with E-state index >= 15 is 0 Å². The number of nitrogens with two attached hydrogens (primary N) is 1. The lowest BCUT2D eigenvalue weighted by Crippen LogP contribution is -2.31. The molecule has 0 radical (unpaired) electrons. The fraction of sp³-hybridized carbons (Fsp3) is 0.615. The van der Waals surface area contributed by atoms with Crippen molar-refractivity contribution in [2.75, 3.05) is 11.5 Å². The second-order valence-corrected chi connectivity index (χ2v) is 7.82. The van der Waals surface area contributed by atoms with Gasteiger partial charge in [0.1, 0.15) is 5.82 Å². The average molecular weight is 284 g/mol. The molecule has 1 aliphatic heterocycles. The number of aryl methyl sites for hydroxylation is 1. The van der Waals surface area contributed by atoms with Gasteiger partial charge in [0, 0.05) is 33.3 Å². The zero-order chi connectivity index (χ0) is 13.3. The molecule has 3 nitrogen and oxygen atoms in total. The van der Waals surface area contributed by atoms with Gasteiger partial charge in [0.05, 0.1) is 6.10 Å². The smallest absolute Gasteiger partial charge is 0.129 e. The fourth-order valence-electron chi connectivity index (χ4n) is 2.13. The third-order valence-electron chi connectivity index (χ3n) is 3.46. The highest BCUT2D eigenvalue weighted by atomic mass is 32.2. The first-order valence-corrected chi connectivity index (χ1v) is 8.16. The first-order chi connectivity index (χ1) is 8.50. The zero-order valence-electron chi connectivity index (χ0n) is 11.0. The number of aliphatic hydroxyl groups is 1. The lowest BCUT2D eigenvalue weighted by Gasteiger charge is -2.34. The Balaban J connectivity index is 2.19. The number of aromatic nitrogens is 1. The molecule has 5 heteroatoms. The number of anilines is 1. The van der Waals surface area contributed by atoms with Gasteiger partial charge in [-0.3, -0.25) is 0 Å². The second-order valence-electron chi connectivity index (χ2n) is 4.79. The molecule has 0 aliphatic carbocycles. The van der Waals surface area contributed by atoms with Gasteiger partial charge in [-0.1, -0.05) is 13.8 Å². The van der Waals surface area contributed by atoms with Crippen molar-refractivity contribution in [2.45, 2.75) is 42.6 Å². The van der Waals surface area contributed by atoms with Crippen LogP contribution in [-0.2, 0) is 0 Å². The van der Waals surface area contributed by atoms with E-state index in [0.717, 1.165) is 16.9 Å². The van der Waals surface area contributed by atoms with Crippen molar-refractivity contribution < 1.29 is 5.11 Å². The molecule has 1 aliphatic rings. The normalized spacial score (nSPS) is 30.1. The van der Waals surface area contributed by atoms with Gasteiger partial charge in [0.15, 0.2) is 0 Å². The highest BCUT2D eigenvalue weighted by Gasteiger charge is 2.32. The van der Waals surface area contributed by atoms with E-state index < -0.39 is 6.10 Å². The summed E-state index contributed by atoms with van der Waals surface area (Å²) < 4.78 is 0. The highest BCUT2D eigenvalue weighted by molar-refractivity contribution is 8.07. The number of hydrogen-bond acceptors (Lipinski definition) is 5. The van der Waals surface area contributed by atoms with E-state index in [1.807, 2.05) is 36.5 Å². The number of hydrogen-bond donors (Lipinski definition) is 2. The lowest BCUT2D eigenvalue weighted by molar-refractivity contribution is 0.180. The predicted molar refractivity (Wildman–Crippen MR) is 81.1 cm³/mol. The molecular weight excluding hydrogens is 264 g/mol. The topological polar surface area (TPSA) is 59.1 Å². The van der Waals surface area contributed by atoms with Crippen LogP contribution < -0.4 is 5.73 Å². The average Bonchev–Trinajstić information content (AvgIpc) is 2.32. The molecule has 1 aromatic rings. The molecule has 0 aromatic carbocycles. The molecule has 0 amide bonds. The first-order valence-electron chi connectivity index (χ1n) is 6.16. The standard InChI is InChI=1S/C13H20N2OS2/c1-7-4-5-15-13(14)11(7)12(16)10-6-17-8(2)9(3)18-10/h4-5,8-10,12,16H,6H2,1-3H3,(H2,14,15). The van der Waals surface area contributed by atoms with Crippen LogP contribution in [0.3, 0.4) is 0 Å². The SMILES string of the molecule is Cc1ccnc(N)c1C(O)C1CSC(C)C(C)S1. The second kappa shape index (κ2) is 5.72. The molecule has 18 heavy (non-hydrogen) atoms. The highest BCUT2D eigenvalue weighted by Crippen LogP contribution is 2.42. The minimum Gasteiger partial charge on any atom is -0.387 e. The quantitative estimate of drug-likeness (QED) is 0.874. The molecule has 1 aromatic heterocycles. The summed E-state index contributed by atoms with van der Waals surface area (Å²) in [6, 6.07) is 1.90. The molecule has 3 N–H and O–H groups in total. The third-order valence-corrected chi connectivity index (χ3v) is 6.94. The van der Waals surface area contributed by atoms with E-state index in [2.05, 4.69) is 18.8 Å². The number of pyridine rings is 1. The Morgan fingerprint density at radius 1 is 1.44 bits per heavy atom. The van der Waals surface area contributed by atoms with Crippen LogP contribution in [0, 0.1) is 6.92 Å². The molecule has 2 rings (SSSR count). The number of rotatable bonds is 2. The summed E-state index contributed by atoms with van der Waals surface area (Å²) in [4.78, 5) is 4.09. The molecule has 4 unspecified atom stereocenters. The van der Waals surface area contributed by atoms with Gasteiger partial charge in [-0.15, -0.1) is 0 Å². The van der Waals surface area contributed by atoms with Crippen LogP contribution >= 0.6 is 23.5 Å². The summed E-state index contributed by atoms with van der Waals surface area (Å²) >= 11 is 3.79. The van der Waals surface area contributed by atoms with Gasteiger partial charge >= 0.3 is 0 Å². The number of aliphatic hydroxyl groups excluding tert-OH is 1. The Kier molecular flexibility index (Phi) is 4.45. The van der Waals surface area contributed by atoms with Crippen molar-refractivity contribution in [3.63, 3.8) is 0 Å². The van der Waals surface area contributed by atoms with Gasteiger partial charge in [-0.05, 0) is 18.6 Å². The Labute approximate surface area is 117 Å². The maximum Gasteiger partial charge on any atom is 0.129 e. The largest absolute Gasteiger partial charge is 0.387 e. The fourth-order valence-corrected chi connectivity index (χ4v) is 5.12. The van der Waals surface area contributed by atoms with E-state index in [1.165, 1.54) is 0 Å². The monoisotopic (exact) mass is 284 g/mol.